The molecule has 0 saturated carbocycles. The lowest BCUT2D eigenvalue weighted by Gasteiger charge is -2.21. The summed E-state index contributed by atoms with van der Waals surface area (Å²) in [7, 11) is 0. The maximum atomic E-state index is 13.5. The monoisotopic (exact) mass is 431 g/mol. The summed E-state index contributed by atoms with van der Waals surface area (Å²) in [5, 5.41) is 13.4. The van der Waals surface area contributed by atoms with E-state index in [1.54, 1.807) is 25.1 Å². The van der Waals surface area contributed by atoms with Gasteiger partial charge in [0.1, 0.15) is 23.3 Å². The van der Waals surface area contributed by atoms with Crippen molar-refractivity contribution in [1.82, 2.24) is 19.5 Å². The first-order valence-electron chi connectivity index (χ1n) is 9.48. The molecule has 0 aliphatic rings. The number of rotatable bonds is 4. The van der Waals surface area contributed by atoms with Crippen LogP contribution in [0.5, 0.6) is 0 Å². The van der Waals surface area contributed by atoms with Crippen molar-refractivity contribution in [2.24, 2.45) is 0 Å². The van der Waals surface area contributed by atoms with Crippen molar-refractivity contribution in [2.45, 2.75) is 19.9 Å². The fourth-order valence-electron chi connectivity index (χ4n) is 3.43. The first kappa shape index (κ1) is 20.3. The van der Waals surface area contributed by atoms with Crippen LogP contribution in [-0.2, 0) is 0 Å². The van der Waals surface area contributed by atoms with Gasteiger partial charge in [-0.3, -0.25) is 9.36 Å². The maximum absolute atomic E-state index is 13.5. The van der Waals surface area contributed by atoms with Crippen molar-refractivity contribution >= 4 is 34.3 Å². The molecule has 31 heavy (non-hydrogen) atoms. The number of nitriles is 1. The van der Waals surface area contributed by atoms with Crippen LogP contribution < -0.4 is 16.6 Å². The van der Waals surface area contributed by atoms with E-state index in [1.165, 1.54) is 4.57 Å². The van der Waals surface area contributed by atoms with Gasteiger partial charge in [-0.2, -0.15) is 10.2 Å². The normalized spacial score (nSPS) is 11.8. The predicted octanol–water partition coefficient (Wildman–Crippen LogP) is 3.76. The SMILES string of the molecule is Cc1nc(N)nc(N[C@H](C)c2nc3cccc(Cl)c3c(=O)n2-c2ccccc2)c1C#N. The van der Waals surface area contributed by atoms with Crippen molar-refractivity contribution in [2.75, 3.05) is 11.1 Å². The van der Waals surface area contributed by atoms with E-state index in [4.69, 9.17) is 22.3 Å². The Kier molecular flexibility index (Phi) is 5.28. The summed E-state index contributed by atoms with van der Waals surface area (Å²) in [5.74, 6) is 0.759. The number of nitrogens with zero attached hydrogens (tertiary/aromatic N) is 5. The Morgan fingerprint density at radius 2 is 1.87 bits per heavy atom. The van der Waals surface area contributed by atoms with Crippen molar-refractivity contribution in [3.63, 3.8) is 0 Å². The van der Waals surface area contributed by atoms with Crippen molar-refractivity contribution < 1.29 is 0 Å². The Morgan fingerprint density at radius 1 is 1.13 bits per heavy atom. The third-order valence-electron chi connectivity index (χ3n) is 4.85. The zero-order chi connectivity index (χ0) is 22.1. The lowest BCUT2D eigenvalue weighted by atomic mass is 10.2. The minimum absolute atomic E-state index is 0.0462. The third-order valence-corrected chi connectivity index (χ3v) is 5.16. The number of hydrogen-bond acceptors (Lipinski definition) is 7. The highest BCUT2D eigenvalue weighted by Crippen LogP contribution is 2.26. The van der Waals surface area contributed by atoms with Gasteiger partial charge >= 0.3 is 0 Å². The van der Waals surface area contributed by atoms with E-state index in [2.05, 4.69) is 21.4 Å². The number of aromatic nitrogens is 4. The summed E-state index contributed by atoms with van der Waals surface area (Å²) in [5.41, 5.74) is 7.35. The van der Waals surface area contributed by atoms with Gasteiger partial charge in [0.15, 0.2) is 0 Å². The Labute approximate surface area is 183 Å². The van der Waals surface area contributed by atoms with E-state index in [1.807, 2.05) is 37.3 Å². The fraction of sp³-hybridized carbons (Fsp3) is 0.136. The molecule has 0 aliphatic carbocycles. The molecule has 2 aromatic carbocycles. The average molecular weight is 432 g/mol. The Bertz CT molecular complexity index is 1390. The number of anilines is 2. The highest BCUT2D eigenvalue weighted by molar-refractivity contribution is 6.35. The van der Waals surface area contributed by atoms with E-state index >= 15 is 0 Å². The number of nitrogen functional groups attached to an aromatic ring is 1. The average Bonchev–Trinajstić information content (AvgIpc) is 2.74. The predicted molar refractivity (Wildman–Crippen MR) is 120 cm³/mol. The van der Waals surface area contributed by atoms with E-state index < -0.39 is 6.04 Å². The molecule has 0 radical (unpaired) electrons. The van der Waals surface area contributed by atoms with Crippen LogP contribution in [0.15, 0.2) is 53.3 Å². The molecule has 2 aromatic heterocycles. The van der Waals surface area contributed by atoms with Crippen LogP contribution in [0.4, 0.5) is 11.8 Å². The summed E-state index contributed by atoms with van der Waals surface area (Å²) in [6.45, 7) is 3.51. The van der Waals surface area contributed by atoms with Gasteiger partial charge in [-0.1, -0.05) is 35.9 Å². The number of halogens is 1. The zero-order valence-electron chi connectivity index (χ0n) is 16.8. The Hall–Kier alpha value is -3.96. The van der Waals surface area contributed by atoms with Gasteiger partial charge in [0.05, 0.1) is 33.3 Å². The van der Waals surface area contributed by atoms with Crippen LogP contribution in [0.3, 0.4) is 0 Å². The van der Waals surface area contributed by atoms with Gasteiger partial charge in [0, 0.05) is 0 Å². The molecule has 154 valence electrons. The molecule has 2 heterocycles. The minimum Gasteiger partial charge on any atom is -0.368 e. The summed E-state index contributed by atoms with van der Waals surface area (Å²) < 4.78 is 1.51. The molecule has 8 nitrogen and oxygen atoms in total. The van der Waals surface area contributed by atoms with Crippen LogP contribution in [0.1, 0.15) is 30.0 Å². The first-order chi connectivity index (χ1) is 14.9. The summed E-state index contributed by atoms with van der Waals surface area (Å²) in [6, 6.07) is 15.9. The lowest BCUT2D eigenvalue weighted by Crippen LogP contribution is -2.27. The van der Waals surface area contributed by atoms with Gasteiger partial charge in [-0.05, 0) is 38.1 Å². The Balaban J connectivity index is 1.94. The Morgan fingerprint density at radius 3 is 2.58 bits per heavy atom. The number of nitrogens with two attached hydrogens (primary N) is 1. The van der Waals surface area contributed by atoms with E-state index in [0.29, 0.717) is 33.1 Å². The third kappa shape index (κ3) is 3.67. The smallest absolute Gasteiger partial charge is 0.267 e. The van der Waals surface area contributed by atoms with Crippen LogP contribution >= 0.6 is 11.6 Å². The summed E-state index contributed by atoms with van der Waals surface area (Å²) in [6.07, 6.45) is 0. The van der Waals surface area contributed by atoms with Crippen molar-refractivity contribution in [3.8, 4) is 11.8 Å². The van der Waals surface area contributed by atoms with Gasteiger partial charge in [0.25, 0.3) is 5.56 Å². The lowest BCUT2D eigenvalue weighted by molar-refractivity contribution is 0.730. The molecule has 0 spiro atoms. The molecule has 1 atom stereocenters. The quantitative estimate of drug-likeness (QED) is 0.504. The fourth-order valence-corrected chi connectivity index (χ4v) is 3.68. The molecule has 0 amide bonds. The zero-order valence-corrected chi connectivity index (χ0v) is 17.6. The molecule has 3 N–H and O–H groups in total. The van der Waals surface area contributed by atoms with Crippen molar-refractivity contribution in [3.05, 3.63) is 81.0 Å². The number of nitrogens with one attached hydrogen (secondary N) is 1. The molecule has 4 aromatic rings. The standard InChI is InChI=1S/C22H18ClN7O/c1-12-15(11-24)19(29-22(25)27-12)26-13(2)20-28-17-10-6-9-16(23)18(17)21(31)30(20)14-7-4-3-5-8-14/h3-10,13H,1-2H3,(H3,25,26,27,29)/t13-/m1/s1. The summed E-state index contributed by atoms with van der Waals surface area (Å²) >= 11 is 6.32. The minimum atomic E-state index is -0.503. The second kappa shape index (κ2) is 8.05. The number of aryl methyl sites for hydroxylation is 1. The highest BCUT2D eigenvalue weighted by atomic mass is 35.5. The highest BCUT2D eigenvalue weighted by Gasteiger charge is 2.21. The second-order valence-corrected chi connectivity index (χ2v) is 7.36. The van der Waals surface area contributed by atoms with Crippen LogP contribution in [0.2, 0.25) is 5.02 Å². The molecular weight excluding hydrogens is 414 g/mol. The summed E-state index contributed by atoms with van der Waals surface area (Å²) in [4.78, 5) is 26.4. The molecule has 0 fully saturated rings. The van der Waals surface area contributed by atoms with Crippen LogP contribution in [-0.4, -0.2) is 19.5 Å². The molecule has 0 unspecified atom stereocenters. The molecular formula is C22H18ClN7O. The number of benzene rings is 2. The molecule has 0 aliphatic heterocycles. The maximum Gasteiger partial charge on any atom is 0.267 e. The second-order valence-electron chi connectivity index (χ2n) is 6.95. The van der Waals surface area contributed by atoms with Gasteiger partial charge in [0.2, 0.25) is 5.95 Å². The van der Waals surface area contributed by atoms with Crippen LogP contribution in [0, 0.1) is 18.3 Å². The number of fused-ring (bicyclic) bond motifs is 1. The van der Waals surface area contributed by atoms with E-state index in [9.17, 15) is 10.1 Å². The molecule has 9 heteroatoms. The largest absolute Gasteiger partial charge is 0.368 e. The van der Waals surface area contributed by atoms with Crippen molar-refractivity contribution in [1.29, 1.82) is 5.26 Å². The van der Waals surface area contributed by atoms with E-state index in [0.717, 1.165) is 0 Å². The van der Waals surface area contributed by atoms with E-state index in [-0.39, 0.29) is 22.9 Å². The molecule has 0 bridgehead atoms. The molecule has 0 saturated heterocycles. The topological polar surface area (TPSA) is 123 Å². The number of hydrogen-bond donors (Lipinski definition) is 2. The van der Waals surface area contributed by atoms with Gasteiger partial charge in [-0.15, -0.1) is 0 Å². The van der Waals surface area contributed by atoms with Crippen LogP contribution in [0.25, 0.3) is 16.6 Å². The van der Waals surface area contributed by atoms with Gasteiger partial charge < -0.3 is 11.1 Å². The first-order valence-corrected chi connectivity index (χ1v) is 9.86. The molecule has 4 rings (SSSR count). The number of para-hydroxylation sites is 1. The van der Waals surface area contributed by atoms with Gasteiger partial charge in [-0.25, -0.2) is 9.97 Å².